The lowest BCUT2D eigenvalue weighted by Crippen LogP contribution is -2.49. The molecule has 3 rings (SSSR count). The lowest BCUT2D eigenvalue weighted by Gasteiger charge is -2.27. The Kier molecular flexibility index (Phi) is 2.52. The van der Waals surface area contributed by atoms with Gasteiger partial charge >= 0.3 is 6.03 Å². The summed E-state index contributed by atoms with van der Waals surface area (Å²) in [5.74, 6) is -0.268. The first-order valence-corrected chi connectivity index (χ1v) is 5.76. The van der Waals surface area contributed by atoms with E-state index in [9.17, 15) is 9.59 Å². The maximum Gasteiger partial charge on any atom is 0.328 e. The van der Waals surface area contributed by atoms with Crippen LogP contribution in [-0.4, -0.2) is 28.5 Å². The normalized spacial score (nSPS) is 15.7. The van der Waals surface area contributed by atoms with Gasteiger partial charge in [-0.05, 0) is 12.1 Å². The number of nitrogens with one attached hydrogen (secondary N) is 1. The second kappa shape index (κ2) is 4.20. The number of carbonyl (C=O) groups is 2. The summed E-state index contributed by atoms with van der Waals surface area (Å²) in [5, 5.41) is 2.97. The van der Waals surface area contributed by atoms with Crippen LogP contribution in [-0.2, 0) is 4.79 Å². The predicted octanol–water partition coefficient (Wildman–Crippen LogP) is 0.658. The van der Waals surface area contributed by atoms with Crippen LogP contribution in [0.3, 0.4) is 0 Å². The van der Waals surface area contributed by atoms with Crippen molar-refractivity contribution < 1.29 is 9.59 Å². The van der Waals surface area contributed by atoms with Crippen molar-refractivity contribution in [2.45, 2.75) is 6.42 Å². The molecule has 0 atom stereocenters. The van der Waals surface area contributed by atoms with Gasteiger partial charge in [-0.1, -0.05) is 0 Å². The molecule has 1 aromatic carbocycles. The summed E-state index contributed by atoms with van der Waals surface area (Å²) < 4.78 is 0. The predicted molar refractivity (Wildman–Crippen MR) is 69.5 cm³/mol. The molecule has 1 aliphatic heterocycles. The zero-order valence-electron chi connectivity index (χ0n) is 9.96. The Balaban J connectivity index is 2.13. The highest BCUT2D eigenvalue weighted by atomic mass is 16.2. The number of fused-ring (bicyclic) bond motifs is 1. The Morgan fingerprint density at radius 1 is 1.32 bits per heavy atom. The summed E-state index contributed by atoms with van der Waals surface area (Å²) in [6.45, 7) is 0.327. The number of nitrogens with zero attached hydrogens (tertiary/aromatic N) is 3. The quantitative estimate of drug-likeness (QED) is 0.731. The zero-order valence-corrected chi connectivity index (χ0v) is 9.96. The molecule has 96 valence electrons. The largest absolute Gasteiger partial charge is 0.398 e. The lowest BCUT2D eigenvalue weighted by atomic mass is 10.1. The van der Waals surface area contributed by atoms with Crippen LogP contribution >= 0.6 is 0 Å². The molecule has 1 aliphatic rings. The van der Waals surface area contributed by atoms with Gasteiger partial charge in [0.25, 0.3) is 0 Å². The van der Waals surface area contributed by atoms with Crippen LogP contribution in [0.2, 0.25) is 0 Å². The van der Waals surface area contributed by atoms with Gasteiger partial charge in [0, 0.05) is 30.2 Å². The third-order valence-electron chi connectivity index (χ3n) is 3.03. The van der Waals surface area contributed by atoms with Crippen molar-refractivity contribution in [1.29, 1.82) is 0 Å². The molecule has 0 radical (unpaired) electrons. The fourth-order valence-corrected chi connectivity index (χ4v) is 2.09. The molecular weight excluding hydrogens is 246 g/mol. The minimum atomic E-state index is -0.444. The molecule has 0 bridgehead atoms. The molecule has 3 N–H and O–H groups in total. The molecule has 1 fully saturated rings. The molecule has 2 aromatic rings. The Hall–Kier alpha value is -2.70. The average Bonchev–Trinajstić information content (AvgIpc) is 2.41. The van der Waals surface area contributed by atoms with Gasteiger partial charge in [0.15, 0.2) is 0 Å². The van der Waals surface area contributed by atoms with Gasteiger partial charge in [0.1, 0.15) is 6.33 Å². The highest BCUT2D eigenvalue weighted by Gasteiger charge is 2.26. The van der Waals surface area contributed by atoms with Crippen molar-refractivity contribution in [2.24, 2.45) is 0 Å². The van der Waals surface area contributed by atoms with Gasteiger partial charge < -0.3 is 5.73 Å². The van der Waals surface area contributed by atoms with E-state index in [1.54, 1.807) is 18.3 Å². The number of benzene rings is 1. The van der Waals surface area contributed by atoms with E-state index in [4.69, 9.17) is 5.73 Å². The van der Waals surface area contributed by atoms with Gasteiger partial charge in [-0.15, -0.1) is 0 Å². The SMILES string of the molecule is Nc1ccc(N2CCC(=O)NC2=O)c2ncncc12. The summed E-state index contributed by atoms with van der Waals surface area (Å²) in [6, 6.07) is 2.98. The van der Waals surface area contributed by atoms with Crippen molar-refractivity contribution in [3.63, 3.8) is 0 Å². The summed E-state index contributed by atoms with van der Waals surface area (Å²) in [5.41, 5.74) is 7.63. The third-order valence-corrected chi connectivity index (χ3v) is 3.03. The Bertz CT molecular complexity index is 685. The molecule has 7 nitrogen and oxygen atoms in total. The van der Waals surface area contributed by atoms with E-state index in [1.807, 2.05) is 0 Å². The maximum atomic E-state index is 11.9. The van der Waals surface area contributed by atoms with Crippen LogP contribution in [0, 0.1) is 0 Å². The van der Waals surface area contributed by atoms with Crippen LogP contribution in [0.5, 0.6) is 0 Å². The average molecular weight is 257 g/mol. The number of imide groups is 1. The second-order valence-corrected chi connectivity index (χ2v) is 4.21. The molecule has 19 heavy (non-hydrogen) atoms. The van der Waals surface area contributed by atoms with Crippen LogP contribution in [0.4, 0.5) is 16.2 Å². The van der Waals surface area contributed by atoms with Crippen LogP contribution < -0.4 is 16.0 Å². The number of amides is 3. The zero-order chi connectivity index (χ0) is 13.4. The standard InChI is InChI=1S/C12H11N5O2/c13-8-1-2-9(11-7(8)5-14-6-15-11)17-4-3-10(18)16-12(17)19/h1-2,5-6H,3-4,13H2,(H,16,18,19). The molecule has 0 aliphatic carbocycles. The number of aromatic nitrogens is 2. The summed E-state index contributed by atoms with van der Waals surface area (Å²) in [7, 11) is 0. The van der Waals surface area contributed by atoms with E-state index in [0.29, 0.717) is 28.8 Å². The second-order valence-electron chi connectivity index (χ2n) is 4.21. The number of nitrogen functional groups attached to an aromatic ring is 1. The van der Waals surface area contributed by atoms with E-state index in [0.717, 1.165) is 0 Å². The van der Waals surface area contributed by atoms with Crippen LogP contribution in [0.25, 0.3) is 10.9 Å². The van der Waals surface area contributed by atoms with E-state index in [-0.39, 0.29) is 12.3 Å². The molecule has 2 heterocycles. The number of hydrogen-bond donors (Lipinski definition) is 2. The number of urea groups is 1. The van der Waals surface area contributed by atoms with E-state index in [2.05, 4.69) is 15.3 Å². The minimum Gasteiger partial charge on any atom is -0.398 e. The van der Waals surface area contributed by atoms with Gasteiger partial charge in [-0.2, -0.15) is 0 Å². The van der Waals surface area contributed by atoms with Gasteiger partial charge in [-0.25, -0.2) is 14.8 Å². The summed E-state index contributed by atoms with van der Waals surface area (Å²) in [4.78, 5) is 32.6. The molecule has 3 amide bonds. The number of rotatable bonds is 1. The van der Waals surface area contributed by atoms with E-state index in [1.165, 1.54) is 11.2 Å². The van der Waals surface area contributed by atoms with Gasteiger partial charge in [-0.3, -0.25) is 15.0 Å². The van der Waals surface area contributed by atoms with E-state index < -0.39 is 6.03 Å². The first kappa shape index (κ1) is 11.4. The Morgan fingerprint density at radius 3 is 2.95 bits per heavy atom. The Morgan fingerprint density at radius 2 is 2.16 bits per heavy atom. The minimum absolute atomic E-state index is 0.267. The van der Waals surface area contributed by atoms with Gasteiger partial charge in [0.2, 0.25) is 5.91 Å². The van der Waals surface area contributed by atoms with Crippen molar-refractivity contribution in [1.82, 2.24) is 15.3 Å². The first-order valence-electron chi connectivity index (χ1n) is 5.76. The smallest absolute Gasteiger partial charge is 0.328 e. The van der Waals surface area contributed by atoms with Crippen molar-refractivity contribution in [2.75, 3.05) is 17.2 Å². The fourth-order valence-electron chi connectivity index (χ4n) is 2.09. The van der Waals surface area contributed by atoms with Crippen LogP contribution in [0.1, 0.15) is 6.42 Å². The van der Waals surface area contributed by atoms with Crippen LogP contribution in [0.15, 0.2) is 24.7 Å². The molecule has 7 heteroatoms. The Labute approximate surface area is 108 Å². The maximum absolute atomic E-state index is 11.9. The number of anilines is 2. The highest BCUT2D eigenvalue weighted by Crippen LogP contribution is 2.29. The lowest BCUT2D eigenvalue weighted by molar-refractivity contribution is -0.120. The van der Waals surface area contributed by atoms with Crippen molar-refractivity contribution >= 4 is 34.2 Å². The summed E-state index contributed by atoms with van der Waals surface area (Å²) >= 11 is 0. The molecule has 0 saturated carbocycles. The molecule has 0 spiro atoms. The molecular formula is C12H11N5O2. The van der Waals surface area contributed by atoms with Crippen molar-refractivity contribution in [3.05, 3.63) is 24.7 Å². The van der Waals surface area contributed by atoms with Gasteiger partial charge in [0.05, 0.1) is 11.2 Å². The third kappa shape index (κ3) is 1.85. The molecule has 0 unspecified atom stereocenters. The highest BCUT2D eigenvalue weighted by molar-refractivity contribution is 6.10. The monoisotopic (exact) mass is 257 g/mol. The fraction of sp³-hybridized carbons (Fsp3) is 0.167. The molecule has 1 aromatic heterocycles. The number of hydrogen-bond acceptors (Lipinski definition) is 5. The topological polar surface area (TPSA) is 101 Å². The summed E-state index contributed by atoms with van der Waals surface area (Å²) in [6.07, 6.45) is 3.27. The molecule has 1 saturated heterocycles. The van der Waals surface area contributed by atoms with E-state index >= 15 is 0 Å². The number of carbonyl (C=O) groups excluding carboxylic acids is 2. The first-order chi connectivity index (χ1) is 9.16. The number of nitrogens with two attached hydrogens (primary N) is 1. The van der Waals surface area contributed by atoms with Crippen molar-refractivity contribution in [3.8, 4) is 0 Å².